The van der Waals surface area contributed by atoms with E-state index in [2.05, 4.69) is 9.97 Å². The first kappa shape index (κ1) is 13.7. The molecule has 20 heavy (non-hydrogen) atoms. The number of nitrogens with zero attached hydrogens (tertiary/aromatic N) is 3. The number of nitro groups is 1. The number of hydrogen-bond acceptors (Lipinski definition) is 5. The SMILES string of the molecule is NC(=C(Cc1cccnc1)Cc1cccnc1)[N+](=O)[O-]. The van der Waals surface area contributed by atoms with Crippen LogP contribution in [0.15, 0.2) is 60.4 Å². The predicted molar refractivity (Wildman–Crippen MR) is 74.1 cm³/mol. The summed E-state index contributed by atoms with van der Waals surface area (Å²) in [4.78, 5) is 18.4. The zero-order valence-electron chi connectivity index (χ0n) is 10.8. The quantitative estimate of drug-likeness (QED) is 0.659. The molecular formula is C14H14N4O2. The van der Waals surface area contributed by atoms with Gasteiger partial charge in [0.15, 0.2) is 0 Å². The largest absolute Gasteiger partial charge is 0.358 e. The second-order valence-electron chi connectivity index (χ2n) is 4.32. The van der Waals surface area contributed by atoms with Gasteiger partial charge in [-0.05, 0) is 28.2 Å². The Morgan fingerprint density at radius 2 is 1.60 bits per heavy atom. The molecule has 0 aromatic carbocycles. The van der Waals surface area contributed by atoms with Gasteiger partial charge in [-0.1, -0.05) is 12.1 Å². The highest BCUT2D eigenvalue weighted by Crippen LogP contribution is 2.15. The molecule has 0 atom stereocenters. The van der Waals surface area contributed by atoms with Crippen LogP contribution in [0.3, 0.4) is 0 Å². The third kappa shape index (κ3) is 3.61. The molecule has 6 nitrogen and oxygen atoms in total. The highest BCUT2D eigenvalue weighted by Gasteiger charge is 2.14. The van der Waals surface area contributed by atoms with E-state index in [4.69, 9.17) is 5.73 Å². The fraction of sp³-hybridized carbons (Fsp3) is 0.143. The van der Waals surface area contributed by atoms with Gasteiger partial charge in [0, 0.05) is 43.2 Å². The fourth-order valence-corrected chi connectivity index (χ4v) is 1.87. The molecule has 0 unspecified atom stereocenters. The monoisotopic (exact) mass is 270 g/mol. The Hall–Kier alpha value is -2.76. The van der Waals surface area contributed by atoms with E-state index in [1.165, 1.54) is 0 Å². The van der Waals surface area contributed by atoms with Crippen LogP contribution in [0.4, 0.5) is 0 Å². The molecule has 0 bridgehead atoms. The van der Waals surface area contributed by atoms with Crippen LogP contribution in [-0.2, 0) is 12.8 Å². The van der Waals surface area contributed by atoms with Gasteiger partial charge in [0.05, 0.1) is 0 Å². The van der Waals surface area contributed by atoms with Gasteiger partial charge < -0.3 is 10.1 Å². The third-order valence-corrected chi connectivity index (χ3v) is 2.84. The molecule has 0 amide bonds. The number of allylic oxidation sites excluding steroid dienone is 1. The number of rotatable bonds is 5. The van der Waals surface area contributed by atoms with Crippen LogP contribution in [-0.4, -0.2) is 14.9 Å². The van der Waals surface area contributed by atoms with Crippen LogP contribution >= 0.6 is 0 Å². The molecule has 2 aromatic heterocycles. The van der Waals surface area contributed by atoms with Crippen LogP contribution in [0.25, 0.3) is 0 Å². The van der Waals surface area contributed by atoms with Crippen molar-refractivity contribution in [1.29, 1.82) is 0 Å². The zero-order chi connectivity index (χ0) is 14.4. The van der Waals surface area contributed by atoms with Crippen molar-refractivity contribution in [2.45, 2.75) is 12.8 Å². The minimum atomic E-state index is -0.554. The Morgan fingerprint density at radius 1 is 1.10 bits per heavy atom. The molecule has 2 heterocycles. The van der Waals surface area contributed by atoms with E-state index < -0.39 is 4.92 Å². The van der Waals surface area contributed by atoms with Crippen molar-refractivity contribution in [3.05, 3.63) is 81.7 Å². The van der Waals surface area contributed by atoms with E-state index in [9.17, 15) is 10.1 Å². The molecule has 2 N–H and O–H groups in total. The average molecular weight is 270 g/mol. The Balaban J connectivity index is 2.27. The van der Waals surface area contributed by atoms with Crippen LogP contribution in [0.2, 0.25) is 0 Å². The van der Waals surface area contributed by atoms with Crippen molar-refractivity contribution in [3.63, 3.8) is 0 Å². The molecule has 0 aliphatic carbocycles. The highest BCUT2D eigenvalue weighted by molar-refractivity contribution is 5.25. The molecule has 0 fully saturated rings. The van der Waals surface area contributed by atoms with Gasteiger partial charge in [0.25, 0.3) is 0 Å². The lowest BCUT2D eigenvalue weighted by Crippen LogP contribution is -2.15. The van der Waals surface area contributed by atoms with Crippen molar-refractivity contribution >= 4 is 0 Å². The average Bonchev–Trinajstić information content (AvgIpc) is 2.48. The van der Waals surface area contributed by atoms with E-state index in [1.807, 2.05) is 12.1 Å². The van der Waals surface area contributed by atoms with E-state index >= 15 is 0 Å². The molecule has 0 radical (unpaired) electrons. The molecule has 0 saturated heterocycles. The Labute approximate surface area is 116 Å². The number of aromatic nitrogens is 2. The van der Waals surface area contributed by atoms with Crippen molar-refractivity contribution < 1.29 is 4.92 Å². The first-order chi connectivity index (χ1) is 9.66. The lowest BCUT2D eigenvalue weighted by atomic mass is 10.00. The zero-order valence-corrected chi connectivity index (χ0v) is 10.8. The predicted octanol–water partition coefficient (Wildman–Crippen LogP) is 1.71. The fourth-order valence-electron chi connectivity index (χ4n) is 1.87. The normalized spacial score (nSPS) is 10.0. The van der Waals surface area contributed by atoms with Gasteiger partial charge in [-0.25, -0.2) is 0 Å². The summed E-state index contributed by atoms with van der Waals surface area (Å²) in [5, 5.41) is 10.9. The van der Waals surface area contributed by atoms with E-state index in [-0.39, 0.29) is 5.82 Å². The van der Waals surface area contributed by atoms with Crippen molar-refractivity contribution in [2.75, 3.05) is 0 Å². The minimum Gasteiger partial charge on any atom is -0.358 e. The maximum Gasteiger partial charge on any atom is 0.313 e. The maximum atomic E-state index is 10.9. The Bertz CT molecular complexity index is 568. The second-order valence-corrected chi connectivity index (χ2v) is 4.32. The smallest absolute Gasteiger partial charge is 0.313 e. The lowest BCUT2D eigenvalue weighted by Gasteiger charge is -2.08. The van der Waals surface area contributed by atoms with Crippen LogP contribution in [0.5, 0.6) is 0 Å². The second kappa shape index (κ2) is 6.42. The summed E-state index contributed by atoms with van der Waals surface area (Å²) in [6, 6.07) is 7.31. The van der Waals surface area contributed by atoms with Gasteiger partial charge >= 0.3 is 5.82 Å². The van der Waals surface area contributed by atoms with Gasteiger partial charge in [-0.15, -0.1) is 0 Å². The molecule has 102 valence electrons. The van der Waals surface area contributed by atoms with E-state index in [0.29, 0.717) is 18.4 Å². The lowest BCUT2D eigenvalue weighted by molar-refractivity contribution is -0.427. The summed E-state index contributed by atoms with van der Waals surface area (Å²) >= 11 is 0. The van der Waals surface area contributed by atoms with Gasteiger partial charge in [-0.2, -0.15) is 0 Å². The van der Waals surface area contributed by atoms with E-state index in [0.717, 1.165) is 11.1 Å². The standard InChI is InChI=1S/C14H14N4O2/c15-14(18(19)20)13(7-11-3-1-5-16-9-11)8-12-4-2-6-17-10-12/h1-6,9-10H,7-8,15H2. The van der Waals surface area contributed by atoms with Crippen LogP contribution in [0, 0.1) is 10.1 Å². The topological polar surface area (TPSA) is 94.9 Å². The molecular weight excluding hydrogens is 256 g/mol. The van der Waals surface area contributed by atoms with Crippen LogP contribution < -0.4 is 5.73 Å². The number of nitrogens with two attached hydrogens (primary N) is 1. The summed E-state index contributed by atoms with van der Waals surface area (Å²) in [5.41, 5.74) is 7.92. The molecule has 2 rings (SSSR count). The first-order valence-corrected chi connectivity index (χ1v) is 6.06. The van der Waals surface area contributed by atoms with Crippen molar-refractivity contribution in [2.24, 2.45) is 5.73 Å². The summed E-state index contributed by atoms with van der Waals surface area (Å²) < 4.78 is 0. The third-order valence-electron chi connectivity index (χ3n) is 2.84. The molecule has 0 aliphatic rings. The highest BCUT2D eigenvalue weighted by atomic mass is 16.6. The molecule has 0 spiro atoms. The number of hydrogen-bond donors (Lipinski definition) is 1. The first-order valence-electron chi connectivity index (χ1n) is 6.06. The Morgan fingerprint density at radius 3 is 1.95 bits per heavy atom. The van der Waals surface area contributed by atoms with E-state index in [1.54, 1.807) is 36.9 Å². The summed E-state index contributed by atoms with van der Waals surface area (Å²) in [7, 11) is 0. The summed E-state index contributed by atoms with van der Waals surface area (Å²) in [6.45, 7) is 0. The Kier molecular flexibility index (Phi) is 4.39. The number of pyridine rings is 2. The van der Waals surface area contributed by atoms with Crippen molar-refractivity contribution in [3.8, 4) is 0 Å². The molecule has 0 aliphatic heterocycles. The molecule has 0 saturated carbocycles. The summed E-state index contributed by atoms with van der Waals surface area (Å²) in [6.07, 6.45) is 7.47. The van der Waals surface area contributed by atoms with Gasteiger partial charge in [-0.3, -0.25) is 15.7 Å². The van der Waals surface area contributed by atoms with Crippen molar-refractivity contribution in [1.82, 2.24) is 9.97 Å². The summed E-state index contributed by atoms with van der Waals surface area (Å²) in [5.74, 6) is -0.308. The maximum absolute atomic E-state index is 10.9. The molecule has 2 aromatic rings. The van der Waals surface area contributed by atoms with Gasteiger partial charge in [0.2, 0.25) is 0 Å². The van der Waals surface area contributed by atoms with Gasteiger partial charge in [0.1, 0.15) is 0 Å². The minimum absolute atomic E-state index is 0.308. The van der Waals surface area contributed by atoms with Crippen LogP contribution in [0.1, 0.15) is 11.1 Å². The molecule has 6 heteroatoms.